The SMILES string of the molecule is CCCCOc1ccc(C2c3c(oc4ccc(Br)cc4c3=O)C(=O)N2c2nnc(C)s2)cc1OCC. The van der Waals surface area contributed by atoms with E-state index in [4.69, 9.17) is 13.9 Å². The molecule has 4 aromatic rings. The Balaban J connectivity index is 1.71. The first-order chi connectivity index (χ1) is 17.4. The Hall–Kier alpha value is -3.24. The van der Waals surface area contributed by atoms with Crippen molar-refractivity contribution < 1.29 is 18.7 Å². The van der Waals surface area contributed by atoms with Crippen LogP contribution in [0, 0.1) is 6.92 Å². The largest absolute Gasteiger partial charge is 0.490 e. The lowest BCUT2D eigenvalue weighted by Crippen LogP contribution is -2.29. The van der Waals surface area contributed by atoms with Crippen molar-refractivity contribution in [3.63, 3.8) is 0 Å². The molecule has 1 unspecified atom stereocenters. The number of ether oxygens (including phenoxy) is 2. The molecule has 0 fully saturated rings. The second-order valence-electron chi connectivity index (χ2n) is 8.34. The Morgan fingerprint density at radius 2 is 1.92 bits per heavy atom. The number of amides is 1. The zero-order valence-electron chi connectivity index (χ0n) is 20.0. The molecule has 5 rings (SSSR count). The van der Waals surface area contributed by atoms with E-state index in [0.29, 0.717) is 51.4 Å². The molecule has 186 valence electrons. The summed E-state index contributed by atoms with van der Waals surface area (Å²) in [5, 5.41) is 9.79. The molecule has 0 bridgehead atoms. The molecule has 2 aromatic heterocycles. The summed E-state index contributed by atoms with van der Waals surface area (Å²) in [6, 6.07) is 9.88. The molecule has 0 radical (unpaired) electrons. The minimum Gasteiger partial charge on any atom is -0.490 e. The second kappa shape index (κ2) is 10.0. The third-order valence-electron chi connectivity index (χ3n) is 5.89. The fourth-order valence-electron chi connectivity index (χ4n) is 4.25. The molecule has 0 aliphatic carbocycles. The minimum absolute atomic E-state index is 0.00825. The molecule has 8 nitrogen and oxygen atoms in total. The van der Waals surface area contributed by atoms with Crippen LogP contribution in [-0.2, 0) is 0 Å². The molecular weight excluding hydrogens is 546 g/mol. The number of hydrogen-bond acceptors (Lipinski definition) is 8. The van der Waals surface area contributed by atoms with E-state index in [1.54, 1.807) is 18.2 Å². The average Bonchev–Trinajstić information content (AvgIpc) is 3.41. The van der Waals surface area contributed by atoms with Gasteiger partial charge < -0.3 is 13.9 Å². The van der Waals surface area contributed by atoms with Crippen molar-refractivity contribution in [3.8, 4) is 11.5 Å². The first-order valence-corrected chi connectivity index (χ1v) is 13.3. The third-order valence-corrected chi connectivity index (χ3v) is 7.22. The molecule has 1 atom stereocenters. The third kappa shape index (κ3) is 4.28. The molecule has 1 amide bonds. The fraction of sp³-hybridized carbons (Fsp3) is 0.308. The van der Waals surface area contributed by atoms with Crippen LogP contribution in [0.2, 0.25) is 0 Å². The molecule has 1 aliphatic heterocycles. The molecule has 0 saturated heterocycles. The van der Waals surface area contributed by atoms with E-state index in [1.807, 2.05) is 32.0 Å². The monoisotopic (exact) mass is 569 g/mol. The zero-order valence-corrected chi connectivity index (χ0v) is 22.4. The summed E-state index contributed by atoms with van der Waals surface area (Å²) in [4.78, 5) is 28.9. The van der Waals surface area contributed by atoms with Gasteiger partial charge in [0.1, 0.15) is 10.6 Å². The number of aryl methyl sites for hydroxylation is 1. The lowest BCUT2D eigenvalue weighted by atomic mass is 9.98. The van der Waals surface area contributed by atoms with Gasteiger partial charge in [-0.2, -0.15) is 0 Å². The van der Waals surface area contributed by atoms with Crippen LogP contribution in [0.1, 0.15) is 59.4 Å². The second-order valence-corrected chi connectivity index (χ2v) is 10.4. The van der Waals surface area contributed by atoms with Gasteiger partial charge in [-0.15, -0.1) is 10.2 Å². The molecule has 36 heavy (non-hydrogen) atoms. The number of fused-ring (bicyclic) bond motifs is 2. The number of hydrogen-bond donors (Lipinski definition) is 0. The van der Waals surface area contributed by atoms with Crippen molar-refractivity contribution in [3.05, 3.63) is 73.0 Å². The summed E-state index contributed by atoms with van der Waals surface area (Å²) in [5.74, 6) is 0.739. The highest BCUT2D eigenvalue weighted by Gasteiger charge is 2.45. The molecule has 0 saturated carbocycles. The number of unbranched alkanes of at least 4 members (excludes halogenated alkanes) is 1. The number of halogens is 1. The maximum absolute atomic E-state index is 13.8. The fourth-order valence-corrected chi connectivity index (χ4v) is 5.33. The van der Waals surface area contributed by atoms with E-state index in [9.17, 15) is 9.59 Å². The topological polar surface area (TPSA) is 94.8 Å². The average molecular weight is 570 g/mol. The molecule has 2 aromatic carbocycles. The quantitative estimate of drug-likeness (QED) is 0.238. The van der Waals surface area contributed by atoms with Crippen LogP contribution in [0.3, 0.4) is 0 Å². The van der Waals surface area contributed by atoms with Crippen molar-refractivity contribution in [2.75, 3.05) is 18.1 Å². The van der Waals surface area contributed by atoms with Gasteiger partial charge in [0.2, 0.25) is 10.9 Å². The predicted octanol–water partition coefficient (Wildman–Crippen LogP) is 6.04. The molecule has 3 heterocycles. The normalized spacial score (nSPS) is 14.9. The molecular formula is C26H24BrN3O5S. The number of anilines is 1. The van der Waals surface area contributed by atoms with Crippen molar-refractivity contribution in [1.29, 1.82) is 0 Å². The Kier molecular flexibility index (Phi) is 6.81. The summed E-state index contributed by atoms with van der Waals surface area (Å²) in [6.07, 6.45) is 1.94. The van der Waals surface area contributed by atoms with Crippen molar-refractivity contribution in [2.45, 2.75) is 39.7 Å². The number of aromatic nitrogens is 2. The van der Waals surface area contributed by atoms with E-state index >= 15 is 0 Å². The Bertz CT molecular complexity index is 1520. The van der Waals surface area contributed by atoms with Gasteiger partial charge in [0.05, 0.1) is 30.2 Å². The number of carbonyl (C=O) groups excluding carboxylic acids is 1. The van der Waals surface area contributed by atoms with Crippen molar-refractivity contribution in [2.24, 2.45) is 0 Å². The zero-order chi connectivity index (χ0) is 25.4. The molecule has 0 N–H and O–H groups in total. The maximum atomic E-state index is 13.8. The highest BCUT2D eigenvalue weighted by molar-refractivity contribution is 9.10. The van der Waals surface area contributed by atoms with Crippen LogP contribution in [0.5, 0.6) is 11.5 Å². The summed E-state index contributed by atoms with van der Waals surface area (Å²) in [5.41, 5.74) is 1.03. The van der Waals surface area contributed by atoms with Crippen LogP contribution in [0.15, 0.2) is 50.1 Å². The molecule has 10 heteroatoms. The predicted molar refractivity (Wildman–Crippen MR) is 141 cm³/mol. The molecule has 1 aliphatic rings. The first-order valence-electron chi connectivity index (χ1n) is 11.7. The summed E-state index contributed by atoms with van der Waals surface area (Å²) in [7, 11) is 0. The van der Waals surface area contributed by atoms with Gasteiger partial charge in [0, 0.05) is 4.47 Å². The lowest BCUT2D eigenvalue weighted by molar-refractivity contribution is 0.0970. The van der Waals surface area contributed by atoms with Crippen LogP contribution < -0.4 is 19.8 Å². The van der Waals surface area contributed by atoms with E-state index in [2.05, 4.69) is 33.1 Å². The van der Waals surface area contributed by atoms with Crippen molar-refractivity contribution in [1.82, 2.24) is 10.2 Å². The smallest absolute Gasteiger partial charge is 0.297 e. The Morgan fingerprint density at radius 3 is 2.64 bits per heavy atom. The van der Waals surface area contributed by atoms with Crippen molar-refractivity contribution >= 4 is 49.3 Å². The van der Waals surface area contributed by atoms with Crippen LogP contribution in [0.25, 0.3) is 11.0 Å². The highest BCUT2D eigenvalue weighted by atomic mass is 79.9. The van der Waals surface area contributed by atoms with Crippen LogP contribution >= 0.6 is 27.3 Å². The Morgan fingerprint density at radius 1 is 1.08 bits per heavy atom. The number of benzene rings is 2. The van der Waals surface area contributed by atoms with E-state index in [-0.39, 0.29) is 16.8 Å². The maximum Gasteiger partial charge on any atom is 0.297 e. The van der Waals surface area contributed by atoms with E-state index in [0.717, 1.165) is 17.3 Å². The lowest BCUT2D eigenvalue weighted by Gasteiger charge is -2.23. The number of carbonyl (C=O) groups is 1. The highest BCUT2D eigenvalue weighted by Crippen LogP contribution is 2.44. The summed E-state index contributed by atoms with van der Waals surface area (Å²) in [6.45, 7) is 6.82. The van der Waals surface area contributed by atoms with Crippen LogP contribution in [0.4, 0.5) is 5.13 Å². The van der Waals surface area contributed by atoms with Gasteiger partial charge in [-0.25, -0.2) is 0 Å². The summed E-state index contributed by atoms with van der Waals surface area (Å²) < 4.78 is 18.6. The Labute approximate surface area is 220 Å². The standard InChI is InChI=1S/C26H24BrN3O5S/c1-4-6-11-34-19-9-7-15(12-20(19)33-5-2)22-21-23(31)17-13-16(27)8-10-18(17)35-24(21)25(32)30(22)26-29-28-14(3)36-26/h7-10,12-13,22H,4-6,11H2,1-3H3. The van der Waals surface area contributed by atoms with Gasteiger partial charge in [-0.05, 0) is 56.2 Å². The van der Waals surface area contributed by atoms with E-state index in [1.165, 1.54) is 16.2 Å². The van der Waals surface area contributed by atoms with Gasteiger partial charge in [-0.1, -0.05) is 46.7 Å². The first kappa shape index (κ1) is 24.5. The van der Waals surface area contributed by atoms with Gasteiger partial charge in [0.15, 0.2) is 16.9 Å². The van der Waals surface area contributed by atoms with Gasteiger partial charge in [-0.3, -0.25) is 14.5 Å². The van der Waals surface area contributed by atoms with Crippen LogP contribution in [-0.4, -0.2) is 29.3 Å². The van der Waals surface area contributed by atoms with Gasteiger partial charge in [0.25, 0.3) is 5.91 Å². The van der Waals surface area contributed by atoms with E-state index < -0.39 is 11.9 Å². The minimum atomic E-state index is -0.761. The number of rotatable bonds is 8. The summed E-state index contributed by atoms with van der Waals surface area (Å²) >= 11 is 4.70. The molecule has 0 spiro atoms. The number of nitrogens with zero attached hydrogens (tertiary/aromatic N) is 3. The van der Waals surface area contributed by atoms with Gasteiger partial charge >= 0.3 is 0 Å².